The van der Waals surface area contributed by atoms with Crippen molar-refractivity contribution >= 4 is 11.8 Å². The van der Waals surface area contributed by atoms with Gasteiger partial charge in [0.25, 0.3) is 0 Å². The van der Waals surface area contributed by atoms with Gasteiger partial charge in [-0.2, -0.15) is 0 Å². The Bertz CT molecular complexity index is 268. The van der Waals surface area contributed by atoms with Gasteiger partial charge in [0, 0.05) is 12.7 Å². The van der Waals surface area contributed by atoms with Crippen LogP contribution in [0.2, 0.25) is 0 Å². The summed E-state index contributed by atoms with van der Waals surface area (Å²) in [5.74, 6) is -0.236. The lowest BCUT2D eigenvalue weighted by atomic mass is 10.2. The van der Waals surface area contributed by atoms with E-state index < -0.39 is 0 Å². The molecule has 1 aromatic carbocycles. The molecule has 0 aliphatic carbocycles. The Morgan fingerprint density at radius 3 is 2.82 bits per heavy atom. The molecular formula is C9H10FN. The Hall–Kier alpha value is -1.31. The number of benzene rings is 1. The molecule has 58 valence electrons. The van der Waals surface area contributed by atoms with Gasteiger partial charge in [-0.05, 0) is 17.7 Å². The predicted molar refractivity (Wildman–Crippen MR) is 46.0 cm³/mol. The van der Waals surface area contributed by atoms with Crippen molar-refractivity contribution in [2.45, 2.75) is 0 Å². The number of rotatable bonds is 2. The summed E-state index contributed by atoms with van der Waals surface area (Å²) < 4.78 is 12.6. The molecule has 0 radical (unpaired) electrons. The third-order valence-corrected chi connectivity index (χ3v) is 1.50. The number of hydrogen-bond donors (Lipinski definition) is 1. The summed E-state index contributed by atoms with van der Waals surface area (Å²) in [5.41, 5.74) is 1.67. The van der Waals surface area contributed by atoms with E-state index in [0.29, 0.717) is 0 Å². The lowest BCUT2D eigenvalue weighted by Gasteiger charge is -2.03. The van der Waals surface area contributed by atoms with Gasteiger partial charge < -0.3 is 5.32 Å². The van der Waals surface area contributed by atoms with Crippen LogP contribution in [0.1, 0.15) is 5.56 Å². The Morgan fingerprint density at radius 2 is 2.27 bits per heavy atom. The maximum atomic E-state index is 12.6. The first-order valence-electron chi connectivity index (χ1n) is 3.37. The molecule has 0 saturated heterocycles. The van der Waals surface area contributed by atoms with Gasteiger partial charge in [0.2, 0.25) is 0 Å². The van der Waals surface area contributed by atoms with E-state index in [0.717, 1.165) is 11.3 Å². The van der Waals surface area contributed by atoms with Crippen LogP contribution in [0.3, 0.4) is 0 Å². The van der Waals surface area contributed by atoms with Crippen molar-refractivity contribution in [1.82, 2.24) is 0 Å². The van der Waals surface area contributed by atoms with E-state index in [2.05, 4.69) is 11.9 Å². The fourth-order valence-corrected chi connectivity index (χ4v) is 0.923. The van der Waals surface area contributed by atoms with Crippen LogP contribution >= 0.6 is 0 Å². The maximum absolute atomic E-state index is 12.6. The molecule has 0 atom stereocenters. The second kappa shape index (κ2) is 3.19. The van der Waals surface area contributed by atoms with Gasteiger partial charge in [0.05, 0.1) is 0 Å². The minimum atomic E-state index is -0.236. The SMILES string of the molecule is C=Cc1ccc(F)cc1NC. The predicted octanol–water partition coefficient (Wildman–Crippen LogP) is 2.51. The molecule has 1 rings (SSSR count). The van der Waals surface area contributed by atoms with Crippen molar-refractivity contribution in [2.75, 3.05) is 12.4 Å². The van der Waals surface area contributed by atoms with Crippen molar-refractivity contribution in [3.63, 3.8) is 0 Å². The van der Waals surface area contributed by atoms with E-state index in [1.54, 1.807) is 19.2 Å². The lowest BCUT2D eigenvalue weighted by Crippen LogP contribution is -1.91. The molecule has 0 aliphatic heterocycles. The third kappa shape index (κ3) is 1.58. The molecule has 0 aliphatic rings. The molecule has 0 heterocycles. The van der Waals surface area contributed by atoms with Crippen molar-refractivity contribution in [1.29, 1.82) is 0 Å². The maximum Gasteiger partial charge on any atom is 0.125 e. The van der Waals surface area contributed by atoms with E-state index in [1.165, 1.54) is 12.1 Å². The van der Waals surface area contributed by atoms with Crippen LogP contribution < -0.4 is 5.32 Å². The number of anilines is 1. The monoisotopic (exact) mass is 151 g/mol. The van der Waals surface area contributed by atoms with Gasteiger partial charge in [0.1, 0.15) is 5.82 Å². The highest BCUT2D eigenvalue weighted by molar-refractivity contribution is 5.65. The van der Waals surface area contributed by atoms with Gasteiger partial charge in [0.15, 0.2) is 0 Å². The first-order chi connectivity index (χ1) is 5.27. The third-order valence-electron chi connectivity index (χ3n) is 1.50. The fourth-order valence-electron chi connectivity index (χ4n) is 0.923. The van der Waals surface area contributed by atoms with Crippen molar-refractivity contribution in [3.05, 3.63) is 36.2 Å². The van der Waals surface area contributed by atoms with Crippen molar-refractivity contribution in [3.8, 4) is 0 Å². The summed E-state index contributed by atoms with van der Waals surface area (Å²) in [6, 6.07) is 4.54. The van der Waals surface area contributed by atoms with Gasteiger partial charge in [-0.25, -0.2) is 4.39 Å². The highest BCUT2D eigenvalue weighted by Gasteiger charge is 1.97. The molecule has 1 aromatic rings. The normalized spacial score (nSPS) is 9.27. The van der Waals surface area contributed by atoms with E-state index in [1.807, 2.05) is 0 Å². The molecule has 0 unspecified atom stereocenters. The van der Waals surface area contributed by atoms with Gasteiger partial charge in [-0.3, -0.25) is 0 Å². The summed E-state index contributed by atoms with van der Waals surface area (Å²) in [6.45, 7) is 3.61. The van der Waals surface area contributed by atoms with E-state index in [4.69, 9.17) is 0 Å². The van der Waals surface area contributed by atoms with Crippen molar-refractivity contribution < 1.29 is 4.39 Å². The average molecular weight is 151 g/mol. The van der Waals surface area contributed by atoms with Crippen LogP contribution in [-0.4, -0.2) is 7.05 Å². The first kappa shape index (κ1) is 7.79. The molecule has 0 spiro atoms. The fraction of sp³-hybridized carbons (Fsp3) is 0.111. The second-order valence-electron chi connectivity index (χ2n) is 2.19. The van der Waals surface area contributed by atoms with Crippen LogP contribution in [-0.2, 0) is 0 Å². The Kier molecular flexibility index (Phi) is 2.26. The first-order valence-corrected chi connectivity index (χ1v) is 3.37. The molecule has 1 N–H and O–H groups in total. The smallest absolute Gasteiger partial charge is 0.125 e. The minimum Gasteiger partial charge on any atom is -0.388 e. The summed E-state index contributed by atoms with van der Waals surface area (Å²) in [4.78, 5) is 0. The van der Waals surface area contributed by atoms with E-state index >= 15 is 0 Å². The molecule has 0 saturated carbocycles. The standard InChI is InChI=1S/C9H10FN/c1-3-7-4-5-8(10)6-9(7)11-2/h3-6,11H,1H2,2H3. The molecule has 11 heavy (non-hydrogen) atoms. The number of halogens is 1. The highest BCUT2D eigenvalue weighted by atomic mass is 19.1. The topological polar surface area (TPSA) is 12.0 Å². The molecular weight excluding hydrogens is 141 g/mol. The minimum absolute atomic E-state index is 0.236. The van der Waals surface area contributed by atoms with Gasteiger partial charge >= 0.3 is 0 Å². The lowest BCUT2D eigenvalue weighted by molar-refractivity contribution is 0.628. The Morgan fingerprint density at radius 1 is 1.55 bits per heavy atom. The molecule has 0 bridgehead atoms. The van der Waals surface area contributed by atoms with Crippen LogP contribution in [0, 0.1) is 5.82 Å². The largest absolute Gasteiger partial charge is 0.388 e. The van der Waals surface area contributed by atoms with Crippen LogP contribution in [0.4, 0.5) is 10.1 Å². The quantitative estimate of drug-likeness (QED) is 0.684. The Balaban J connectivity index is 3.16. The molecule has 0 aromatic heterocycles. The number of nitrogens with one attached hydrogen (secondary N) is 1. The summed E-state index contributed by atoms with van der Waals surface area (Å²) in [5, 5.41) is 2.88. The summed E-state index contributed by atoms with van der Waals surface area (Å²) >= 11 is 0. The summed E-state index contributed by atoms with van der Waals surface area (Å²) in [6.07, 6.45) is 1.69. The van der Waals surface area contributed by atoms with E-state index in [-0.39, 0.29) is 5.82 Å². The van der Waals surface area contributed by atoms with E-state index in [9.17, 15) is 4.39 Å². The van der Waals surface area contributed by atoms with Crippen LogP contribution in [0.5, 0.6) is 0 Å². The Labute approximate surface area is 65.6 Å². The van der Waals surface area contributed by atoms with Gasteiger partial charge in [-0.15, -0.1) is 0 Å². The van der Waals surface area contributed by atoms with Crippen molar-refractivity contribution in [2.24, 2.45) is 0 Å². The molecule has 2 heteroatoms. The molecule has 0 fully saturated rings. The van der Waals surface area contributed by atoms with Crippen LogP contribution in [0.15, 0.2) is 24.8 Å². The number of hydrogen-bond acceptors (Lipinski definition) is 1. The molecule has 1 nitrogen and oxygen atoms in total. The second-order valence-corrected chi connectivity index (χ2v) is 2.19. The molecule has 0 amide bonds. The zero-order valence-electron chi connectivity index (χ0n) is 6.39. The van der Waals surface area contributed by atoms with Crippen LogP contribution in [0.25, 0.3) is 6.08 Å². The summed E-state index contributed by atoms with van der Waals surface area (Å²) in [7, 11) is 1.75. The zero-order valence-corrected chi connectivity index (χ0v) is 6.39. The van der Waals surface area contributed by atoms with Gasteiger partial charge in [-0.1, -0.05) is 18.7 Å². The average Bonchev–Trinajstić information content (AvgIpc) is 2.04. The zero-order chi connectivity index (χ0) is 8.27. The highest BCUT2D eigenvalue weighted by Crippen LogP contribution is 2.16.